The van der Waals surface area contributed by atoms with Gasteiger partial charge in [0.2, 0.25) is 5.91 Å². The van der Waals surface area contributed by atoms with Crippen LogP contribution in [0.15, 0.2) is 29.8 Å². The van der Waals surface area contributed by atoms with Gasteiger partial charge in [-0.05, 0) is 69.5 Å². The van der Waals surface area contributed by atoms with Crippen LogP contribution in [0.4, 0.5) is 14.5 Å². The zero-order valence-electron chi connectivity index (χ0n) is 18.4. The van der Waals surface area contributed by atoms with Gasteiger partial charge in [0.05, 0.1) is 6.42 Å². The molecule has 0 aliphatic carbocycles. The van der Waals surface area contributed by atoms with E-state index in [1.165, 1.54) is 26.8 Å². The highest BCUT2D eigenvalue weighted by atomic mass is 19.1. The normalized spacial score (nSPS) is 11.5. The van der Waals surface area contributed by atoms with Gasteiger partial charge in [0, 0.05) is 35.0 Å². The number of carbonyl (C=O) groups excluding carboxylic acids is 1. The monoisotopic (exact) mass is 430 g/mol. The number of nitrogens with one attached hydrogen (secondary N) is 2. The Hall–Kier alpha value is -3.22. The quantitative estimate of drug-likeness (QED) is 0.512. The molecule has 1 amide bonds. The third-order valence-electron chi connectivity index (χ3n) is 4.87. The van der Waals surface area contributed by atoms with Gasteiger partial charge in [0.15, 0.2) is 0 Å². The molecular formula is C24H28F2N2O3. The second-order valence-electron chi connectivity index (χ2n) is 7.77. The maximum Gasteiger partial charge on any atom is 0.305 e. The number of carbonyl (C=O) groups is 2. The minimum atomic E-state index is -1.04. The van der Waals surface area contributed by atoms with E-state index in [0.717, 1.165) is 5.69 Å². The molecule has 0 unspecified atom stereocenters. The highest BCUT2D eigenvalue weighted by Gasteiger charge is 2.21. The van der Waals surface area contributed by atoms with Crippen LogP contribution in [0.2, 0.25) is 0 Å². The second-order valence-corrected chi connectivity index (χ2v) is 7.77. The summed E-state index contributed by atoms with van der Waals surface area (Å²) in [5.74, 6) is -2.72. The van der Waals surface area contributed by atoms with Crippen LogP contribution in [0.25, 0.3) is 17.2 Å². The molecule has 31 heavy (non-hydrogen) atoms. The summed E-state index contributed by atoms with van der Waals surface area (Å²) in [4.78, 5) is 22.7. The molecule has 2 aromatic carbocycles. The van der Waals surface area contributed by atoms with Gasteiger partial charge >= 0.3 is 5.97 Å². The largest absolute Gasteiger partial charge is 0.481 e. The molecule has 0 bridgehead atoms. The lowest BCUT2D eigenvalue weighted by molar-refractivity contribution is -0.136. The third kappa shape index (κ3) is 5.90. The Bertz CT molecular complexity index is 983. The van der Waals surface area contributed by atoms with Crippen LogP contribution in [0.1, 0.15) is 43.9 Å². The Kier molecular flexibility index (Phi) is 7.91. The van der Waals surface area contributed by atoms with E-state index in [9.17, 15) is 9.59 Å². The Morgan fingerprint density at radius 1 is 1.06 bits per heavy atom. The van der Waals surface area contributed by atoms with Crippen molar-refractivity contribution < 1.29 is 23.5 Å². The van der Waals surface area contributed by atoms with Crippen LogP contribution in [-0.2, 0) is 9.59 Å². The first kappa shape index (κ1) is 24.1. The average molecular weight is 430 g/mol. The molecule has 0 heterocycles. The summed E-state index contributed by atoms with van der Waals surface area (Å²) < 4.78 is 30.5. The fourth-order valence-electron chi connectivity index (χ4n) is 3.23. The Labute approximate surface area is 181 Å². The number of anilines is 1. The summed E-state index contributed by atoms with van der Waals surface area (Å²) in [6.07, 6.45) is 1.07. The second kappa shape index (κ2) is 10.2. The zero-order chi connectivity index (χ0) is 23.3. The summed E-state index contributed by atoms with van der Waals surface area (Å²) in [5, 5.41) is 14.3. The minimum Gasteiger partial charge on any atom is -0.481 e. The van der Waals surface area contributed by atoms with E-state index < -0.39 is 23.5 Å². The van der Waals surface area contributed by atoms with Crippen LogP contribution in [0.3, 0.4) is 0 Å². The molecule has 0 spiro atoms. The number of halogens is 2. The van der Waals surface area contributed by atoms with Gasteiger partial charge in [-0.15, -0.1) is 0 Å². The number of amides is 1. The molecule has 0 atom stereocenters. The molecular weight excluding hydrogens is 402 g/mol. The number of hydrogen-bond acceptors (Lipinski definition) is 3. The first-order valence-electron chi connectivity index (χ1n) is 10.1. The predicted octanol–water partition coefficient (Wildman–Crippen LogP) is 5.06. The lowest BCUT2D eigenvalue weighted by atomic mass is 9.92. The molecule has 0 aliphatic rings. The molecule has 0 aromatic heterocycles. The summed E-state index contributed by atoms with van der Waals surface area (Å²) in [7, 11) is 0. The predicted molar refractivity (Wildman–Crippen MR) is 119 cm³/mol. The molecule has 0 saturated heterocycles. The van der Waals surface area contributed by atoms with Crippen molar-refractivity contribution in [2.75, 3.05) is 11.9 Å². The van der Waals surface area contributed by atoms with E-state index >= 15 is 8.78 Å². The van der Waals surface area contributed by atoms with Gasteiger partial charge < -0.3 is 15.7 Å². The number of hydrogen-bond donors (Lipinski definition) is 3. The van der Waals surface area contributed by atoms with E-state index in [4.69, 9.17) is 5.11 Å². The fraction of sp³-hybridized carbons (Fsp3) is 0.333. The summed E-state index contributed by atoms with van der Waals surface area (Å²) in [5.41, 5.74) is 2.04. The van der Waals surface area contributed by atoms with Crippen molar-refractivity contribution in [1.29, 1.82) is 0 Å². The number of aliphatic carboxylic acids is 1. The average Bonchev–Trinajstić information content (AvgIpc) is 2.70. The summed E-state index contributed by atoms with van der Waals surface area (Å²) >= 11 is 0. The van der Waals surface area contributed by atoms with Crippen molar-refractivity contribution in [3.8, 4) is 11.1 Å². The van der Waals surface area contributed by atoms with Crippen molar-refractivity contribution in [2.45, 2.75) is 47.1 Å². The van der Waals surface area contributed by atoms with Crippen molar-refractivity contribution >= 4 is 23.6 Å². The van der Waals surface area contributed by atoms with Crippen molar-refractivity contribution in [3.05, 3.63) is 58.2 Å². The van der Waals surface area contributed by atoms with E-state index in [1.807, 2.05) is 26.0 Å². The fourth-order valence-corrected chi connectivity index (χ4v) is 3.23. The Morgan fingerprint density at radius 3 is 2.23 bits per heavy atom. The van der Waals surface area contributed by atoms with Crippen LogP contribution in [-0.4, -0.2) is 29.6 Å². The van der Waals surface area contributed by atoms with Gasteiger partial charge in [-0.2, -0.15) is 0 Å². The summed E-state index contributed by atoms with van der Waals surface area (Å²) in [6, 6.07) is 7.37. The molecule has 2 rings (SSSR count). The molecule has 166 valence electrons. The lowest BCUT2D eigenvalue weighted by Gasteiger charge is -2.16. The number of carboxylic acid groups (broad SMARTS) is 1. The first-order valence-corrected chi connectivity index (χ1v) is 10.1. The number of carboxylic acids is 1. The van der Waals surface area contributed by atoms with Gasteiger partial charge in [-0.1, -0.05) is 12.1 Å². The number of benzene rings is 2. The van der Waals surface area contributed by atoms with Gasteiger partial charge in [-0.25, -0.2) is 8.78 Å². The maximum absolute atomic E-state index is 15.3. The summed E-state index contributed by atoms with van der Waals surface area (Å²) in [6.45, 7) is 8.42. The van der Waals surface area contributed by atoms with E-state index in [1.54, 1.807) is 12.1 Å². The molecule has 3 N–H and O–H groups in total. The van der Waals surface area contributed by atoms with Gasteiger partial charge in [0.25, 0.3) is 0 Å². The molecule has 5 nitrogen and oxygen atoms in total. The van der Waals surface area contributed by atoms with Gasteiger partial charge in [0.1, 0.15) is 11.6 Å². The molecule has 0 saturated carbocycles. The lowest BCUT2D eigenvalue weighted by Crippen LogP contribution is -2.26. The SMILES string of the molecule is CC(=Cc1c(C)c(F)c(-c2ccc(NC(C)C)cc2)c(C)c1F)C(=O)NCCC(=O)O. The smallest absolute Gasteiger partial charge is 0.305 e. The molecule has 0 radical (unpaired) electrons. The molecule has 0 aliphatic heterocycles. The Morgan fingerprint density at radius 2 is 1.68 bits per heavy atom. The zero-order valence-corrected chi connectivity index (χ0v) is 18.4. The van der Waals surface area contributed by atoms with Crippen molar-refractivity contribution in [1.82, 2.24) is 5.32 Å². The standard InChI is InChI=1S/C24H28F2N2O3/c1-13(2)28-18-8-6-17(7-9-18)21-16(5)22(25)19(15(4)23(21)26)12-14(3)24(31)27-11-10-20(29)30/h6-9,12-13,28H,10-11H2,1-5H3,(H,27,31)(H,29,30). The minimum absolute atomic E-state index is 0.00253. The number of rotatable bonds is 8. The van der Waals surface area contributed by atoms with Crippen molar-refractivity contribution in [3.63, 3.8) is 0 Å². The van der Waals surface area contributed by atoms with E-state index in [0.29, 0.717) is 5.56 Å². The topological polar surface area (TPSA) is 78.4 Å². The third-order valence-corrected chi connectivity index (χ3v) is 4.87. The van der Waals surface area contributed by atoms with Crippen LogP contribution >= 0.6 is 0 Å². The van der Waals surface area contributed by atoms with Crippen LogP contribution in [0, 0.1) is 25.5 Å². The van der Waals surface area contributed by atoms with E-state index in [2.05, 4.69) is 10.6 Å². The van der Waals surface area contributed by atoms with Gasteiger partial charge in [-0.3, -0.25) is 9.59 Å². The first-order chi connectivity index (χ1) is 14.5. The highest BCUT2D eigenvalue weighted by Crippen LogP contribution is 2.34. The molecule has 0 fully saturated rings. The molecule has 2 aromatic rings. The van der Waals surface area contributed by atoms with E-state index in [-0.39, 0.29) is 46.8 Å². The van der Waals surface area contributed by atoms with Crippen LogP contribution < -0.4 is 10.6 Å². The van der Waals surface area contributed by atoms with Crippen molar-refractivity contribution in [2.24, 2.45) is 0 Å². The Balaban J connectivity index is 2.39. The molecule has 7 heteroatoms. The van der Waals surface area contributed by atoms with Crippen LogP contribution in [0.5, 0.6) is 0 Å². The highest BCUT2D eigenvalue weighted by molar-refractivity contribution is 5.97. The maximum atomic E-state index is 15.3.